The van der Waals surface area contributed by atoms with E-state index < -0.39 is 0 Å². The van der Waals surface area contributed by atoms with Crippen LogP contribution >= 0.6 is 11.3 Å². The minimum atomic E-state index is -0.243. The van der Waals surface area contributed by atoms with Crippen LogP contribution in [0.5, 0.6) is 0 Å². The first kappa shape index (κ1) is 12.6. The van der Waals surface area contributed by atoms with Crippen molar-refractivity contribution in [1.29, 1.82) is 5.26 Å². The average Bonchev–Trinajstić information content (AvgIpc) is 2.76. The average molecular weight is 282 g/mol. The standard InChI is InChI=1S/C16H11FN2S/c1-9-15(19)14(8-18)20-16(9)12-6-7-13(17)11-5-3-2-4-10(11)12/h2-7H,19H2,1H3. The van der Waals surface area contributed by atoms with E-state index in [-0.39, 0.29) is 5.82 Å². The highest BCUT2D eigenvalue weighted by Gasteiger charge is 2.16. The lowest BCUT2D eigenvalue weighted by atomic mass is 10.0. The Morgan fingerprint density at radius 2 is 1.85 bits per heavy atom. The largest absolute Gasteiger partial charge is 0.397 e. The van der Waals surface area contributed by atoms with E-state index in [0.29, 0.717) is 16.0 Å². The van der Waals surface area contributed by atoms with Gasteiger partial charge < -0.3 is 5.73 Å². The van der Waals surface area contributed by atoms with Gasteiger partial charge >= 0.3 is 0 Å². The molecule has 2 nitrogen and oxygen atoms in total. The van der Waals surface area contributed by atoms with Crippen molar-refractivity contribution in [3.05, 3.63) is 52.7 Å². The molecule has 0 unspecified atom stereocenters. The number of anilines is 1. The highest BCUT2D eigenvalue weighted by molar-refractivity contribution is 7.17. The first-order valence-electron chi connectivity index (χ1n) is 6.10. The molecule has 0 fully saturated rings. The normalized spacial score (nSPS) is 10.7. The first-order valence-corrected chi connectivity index (χ1v) is 6.91. The zero-order valence-corrected chi connectivity index (χ0v) is 11.6. The van der Waals surface area contributed by atoms with Crippen molar-refractivity contribution in [2.24, 2.45) is 0 Å². The molecule has 0 radical (unpaired) electrons. The SMILES string of the molecule is Cc1c(-c2ccc(F)c3ccccc23)sc(C#N)c1N. The van der Waals surface area contributed by atoms with E-state index in [2.05, 4.69) is 6.07 Å². The third-order valence-electron chi connectivity index (χ3n) is 3.41. The fraction of sp³-hybridized carbons (Fsp3) is 0.0625. The Kier molecular flexibility index (Phi) is 2.92. The number of thiophene rings is 1. The van der Waals surface area contributed by atoms with Gasteiger partial charge in [0.05, 0.1) is 5.69 Å². The molecule has 98 valence electrons. The summed E-state index contributed by atoms with van der Waals surface area (Å²) in [5.41, 5.74) is 8.25. The molecule has 2 N–H and O–H groups in total. The molecule has 3 aromatic rings. The summed E-state index contributed by atoms with van der Waals surface area (Å²) in [6.07, 6.45) is 0. The third-order valence-corrected chi connectivity index (χ3v) is 4.66. The Labute approximate surface area is 119 Å². The highest BCUT2D eigenvalue weighted by Crippen LogP contribution is 2.40. The number of nitriles is 1. The number of halogens is 1. The van der Waals surface area contributed by atoms with E-state index in [0.717, 1.165) is 21.4 Å². The van der Waals surface area contributed by atoms with Crippen LogP contribution in [0.1, 0.15) is 10.4 Å². The van der Waals surface area contributed by atoms with Crippen LogP contribution in [0.4, 0.5) is 10.1 Å². The van der Waals surface area contributed by atoms with Crippen LogP contribution < -0.4 is 5.73 Å². The number of nitrogens with two attached hydrogens (primary N) is 1. The molecule has 0 aliphatic heterocycles. The van der Waals surface area contributed by atoms with E-state index in [4.69, 9.17) is 11.0 Å². The maximum Gasteiger partial charge on any atom is 0.131 e. The van der Waals surface area contributed by atoms with Gasteiger partial charge in [0.25, 0.3) is 0 Å². The van der Waals surface area contributed by atoms with Crippen LogP contribution in [0.3, 0.4) is 0 Å². The first-order chi connectivity index (χ1) is 9.63. The molecular weight excluding hydrogens is 271 g/mol. The minimum Gasteiger partial charge on any atom is -0.397 e. The predicted octanol–water partition coefficient (Wildman–Crippen LogP) is 4.47. The molecular formula is C16H11FN2S. The second-order valence-electron chi connectivity index (χ2n) is 4.55. The molecule has 2 aromatic carbocycles. The number of nitrogen functional groups attached to an aromatic ring is 1. The van der Waals surface area contributed by atoms with Crippen LogP contribution in [0.2, 0.25) is 0 Å². The third kappa shape index (κ3) is 1.75. The Hall–Kier alpha value is -2.38. The van der Waals surface area contributed by atoms with Crippen LogP contribution in [-0.4, -0.2) is 0 Å². The molecule has 0 atom stereocenters. The zero-order chi connectivity index (χ0) is 14.3. The molecule has 0 bridgehead atoms. The fourth-order valence-electron chi connectivity index (χ4n) is 2.33. The maximum atomic E-state index is 13.9. The topological polar surface area (TPSA) is 49.8 Å². The predicted molar refractivity (Wildman–Crippen MR) is 81.1 cm³/mol. The van der Waals surface area contributed by atoms with Crippen molar-refractivity contribution in [3.63, 3.8) is 0 Å². The molecule has 4 heteroatoms. The van der Waals surface area contributed by atoms with Gasteiger partial charge in [-0.2, -0.15) is 5.26 Å². The maximum absolute atomic E-state index is 13.9. The van der Waals surface area contributed by atoms with Gasteiger partial charge in [0.15, 0.2) is 0 Å². The number of rotatable bonds is 1. The van der Waals surface area contributed by atoms with Gasteiger partial charge in [-0.05, 0) is 30.0 Å². The van der Waals surface area contributed by atoms with Crippen LogP contribution in [0, 0.1) is 24.1 Å². The summed E-state index contributed by atoms with van der Waals surface area (Å²) in [6, 6.07) is 12.6. The molecule has 0 spiro atoms. The Balaban J connectivity index is 2.37. The number of benzene rings is 2. The zero-order valence-electron chi connectivity index (χ0n) is 10.8. The van der Waals surface area contributed by atoms with Gasteiger partial charge in [0, 0.05) is 15.8 Å². The summed E-state index contributed by atoms with van der Waals surface area (Å²) in [4.78, 5) is 1.43. The fourth-order valence-corrected chi connectivity index (χ4v) is 3.39. The number of nitrogens with zero attached hydrogens (tertiary/aromatic N) is 1. The van der Waals surface area contributed by atoms with E-state index in [1.54, 1.807) is 12.1 Å². The lowest BCUT2D eigenvalue weighted by molar-refractivity contribution is 0.640. The highest BCUT2D eigenvalue weighted by atomic mass is 32.1. The summed E-state index contributed by atoms with van der Waals surface area (Å²) in [5.74, 6) is -0.243. The quantitative estimate of drug-likeness (QED) is 0.716. The van der Waals surface area contributed by atoms with E-state index in [1.165, 1.54) is 17.4 Å². The molecule has 1 aromatic heterocycles. The van der Waals surface area contributed by atoms with Gasteiger partial charge in [-0.1, -0.05) is 24.3 Å². The van der Waals surface area contributed by atoms with Crippen molar-refractivity contribution in [2.45, 2.75) is 6.92 Å². The second kappa shape index (κ2) is 4.62. The molecule has 1 heterocycles. The summed E-state index contributed by atoms with van der Waals surface area (Å²) in [6.45, 7) is 1.89. The Morgan fingerprint density at radius 1 is 1.15 bits per heavy atom. The summed E-state index contributed by atoms with van der Waals surface area (Å²) >= 11 is 1.35. The van der Waals surface area contributed by atoms with E-state index >= 15 is 0 Å². The van der Waals surface area contributed by atoms with E-state index in [9.17, 15) is 4.39 Å². The lowest BCUT2D eigenvalue weighted by Crippen LogP contribution is -1.88. The van der Waals surface area contributed by atoms with Crippen molar-refractivity contribution < 1.29 is 4.39 Å². The minimum absolute atomic E-state index is 0.243. The number of hydrogen-bond acceptors (Lipinski definition) is 3. The van der Waals surface area contributed by atoms with Gasteiger partial charge in [0.2, 0.25) is 0 Å². The summed E-state index contributed by atoms with van der Waals surface area (Å²) < 4.78 is 13.9. The molecule has 0 saturated heterocycles. The monoisotopic (exact) mass is 282 g/mol. The summed E-state index contributed by atoms with van der Waals surface area (Å²) in [5, 5.41) is 10.5. The van der Waals surface area contributed by atoms with E-state index in [1.807, 2.05) is 25.1 Å². The number of fused-ring (bicyclic) bond motifs is 1. The van der Waals surface area contributed by atoms with Crippen molar-refractivity contribution in [1.82, 2.24) is 0 Å². The van der Waals surface area contributed by atoms with Crippen molar-refractivity contribution in [2.75, 3.05) is 5.73 Å². The van der Waals surface area contributed by atoms with Crippen LogP contribution in [-0.2, 0) is 0 Å². The van der Waals surface area contributed by atoms with Gasteiger partial charge in [-0.3, -0.25) is 0 Å². The molecule has 0 aliphatic rings. The Morgan fingerprint density at radius 3 is 2.50 bits per heavy atom. The molecule has 20 heavy (non-hydrogen) atoms. The Bertz CT molecular complexity index is 859. The van der Waals surface area contributed by atoms with Crippen molar-refractivity contribution in [3.8, 4) is 16.5 Å². The second-order valence-corrected chi connectivity index (χ2v) is 5.57. The van der Waals surface area contributed by atoms with Gasteiger partial charge in [0.1, 0.15) is 16.8 Å². The molecule has 0 aliphatic carbocycles. The molecule has 3 rings (SSSR count). The van der Waals surface area contributed by atoms with Crippen LogP contribution in [0.25, 0.3) is 21.2 Å². The molecule has 0 amide bonds. The smallest absolute Gasteiger partial charge is 0.131 e. The van der Waals surface area contributed by atoms with Gasteiger partial charge in [-0.25, -0.2) is 4.39 Å². The lowest BCUT2D eigenvalue weighted by Gasteiger charge is -2.07. The van der Waals surface area contributed by atoms with Gasteiger partial charge in [-0.15, -0.1) is 11.3 Å². The van der Waals surface area contributed by atoms with Crippen molar-refractivity contribution >= 4 is 27.8 Å². The number of hydrogen-bond donors (Lipinski definition) is 1. The molecule has 0 saturated carbocycles. The van der Waals surface area contributed by atoms with Crippen LogP contribution in [0.15, 0.2) is 36.4 Å². The summed E-state index contributed by atoms with van der Waals surface area (Å²) in [7, 11) is 0.